The molecule has 1 heterocycles. The van der Waals surface area contributed by atoms with Crippen LogP contribution >= 0.6 is 11.3 Å². The zero-order valence-electron chi connectivity index (χ0n) is 16.5. The lowest BCUT2D eigenvalue weighted by atomic mass is 10.1. The average Bonchev–Trinajstić information content (AvgIpc) is 3.28. The van der Waals surface area contributed by atoms with E-state index in [-0.39, 0.29) is 5.70 Å². The van der Waals surface area contributed by atoms with Gasteiger partial charge in [-0.1, -0.05) is 48.5 Å². The Morgan fingerprint density at radius 1 is 0.806 bits per heavy atom. The van der Waals surface area contributed by atoms with Crippen molar-refractivity contribution in [2.45, 2.75) is 0 Å². The van der Waals surface area contributed by atoms with Crippen molar-refractivity contribution >= 4 is 40.4 Å². The second-order valence-electron chi connectivity index (χ2n) is 6.70. The van der Waals surface area contributed by atoms with Crippen molar-refractivity contribution in [2.75, 3.05) is 4.90 Å². The third-order valence-corrected chi connectivity index (χ3v) is 5.77. The van der Waals surface area contributed by atoms with E-state index >= 15 is 0 Å². The Labute approximate surface area is 184 Å². The number of benzene rings is 3. The van der Waals surface area contributed by atoms with Gasteiger partial charge in [0.1, 0.15) is 0 Å². The Kier molecular flexibility index (Phi) is 5.93. The number of anilines is 3. The van der Waals surface area contributed by atoms with Gasteiger partial charge in [0.2, 0.25) is 0 Å². The van der Waals surface area contributed by atoms with Crippen LogP contribution in [0, 0.1) is 6.57 Å². The summed E-state index contributed by atoms with van der Waals surface area (Å²) in [5.74, 6) is -1.21. The number of nitrogens with zero attached hydrogens (tertiary/aromatic N) is 2. The highest BCUT2D eigenvalue weighted by atomic mass is 32.1. The number of hydrogen-bond acceptors (Lipinski definition) is 3. The fourth-order valence-corrected chi connectivity index (χ4v) is 4.19. The number of carboxylic acid groups (broad SMARTS) is 1. The predicted molar refractivity (Wildman–Crippen MR) is 127 cm³/mol. The van der Waals surface area contributed by atoms with Crippen LogP contribution in [0.15, 0.2) is 103 Å². The van der Waals surface area contributed by atoms with Gasteiger partial charge >= 0.3 is 5.97 Å². The maximum atomic E-state index is 11.1. The minimum Gasteiger partial charge on any atom is -0.486 e. The summed E-state index contributed by atoms with van der Waals surface area (Å²) in [7, 11) is 0. The third kappa shape index (κ3) is 4.55. The molecule has 0 aliphatic carbocycles. The standard InChI is InChI=1S/C26H18N2O2S/c1-27-24(26(29)30)18-23-16-17-25(31-23)19-12-14-22(15-13-19)28(20-8-4-2-5-9-20)21-10-6-3-7-11-21/h2-18H,(H,29,30)/b24-18-. The van der Waals surface area contributed by atoms with Gasteiger partial charge in [-0.25, -0.2) is 4.85 Å². The molecule has 4 rings (SSSR count). The number of aliphatic carboxylic acids is 1. The van der Waals surface area contributed by atoms with E-state index in [9.17, 15) is 4.79 Å². The molecule has 0 amide bonds. The molecule has 0 spiro atoms. The van der Waals surface area contributed by atoms with E-state index in [4.69, 9.17) is 11.7 Å². The predicted octanol–water partition coefficient (Wildman–Crippen LogP) is 7.23. The highest BCUT2D eigenvalue weighted by Crippen LogP contribution is 2.36. The molecule has 0 aliphatic rings. The van der Waals surface area contributed by atoms with Gasteiger partial charge in [-0.15, -0.1) is 11.3 Å². The molecule has 31 heavy (non-hydrogen) atoms. The van der Waals surface area contributed by atoms with Crippen LogP contribution in [-0.4, -0.2) is 11.1 Å². The molecule has 0 saturated heterocycles. The van der Waals surface area contributed by atoms with Crippen molar-refractivity contribution in [3.8, 4) is 10.4 Å². The van der Waals surface area contributed by atoms with E-state index in [1.54, 1.807) is 0 Å². The topological polar surface area (TPSA) is 44.9 Å². The largest absolute Gasteiger partial charge is 0.486 e. The van der Waals surface area contributed by atoms with Gasteiger partial charge in [0.05, 0.1) is 6.57 Å². The van der Waals surface area contributed by atoms with Crippen molar-refractivity contribution in [1.29, 1.82) is 0 Å². The first-order chi connectivity index (χ1) is 15.2. The van der Waals surface area contributed by atoms with Crippen LogP contribution in [0.25, 0.3) is 21.4 Å². The molecule has 3 aromatic carbocycles. The van der Waals surface area contributed by atoms with Crippen LogP contribution in [0.3, 0.4) is 0 Å². The lowest BCUT2D eigenvalue weighted by Crippen LogP contribution is -2.09. The smallest absolute Gasteiger partial charge is 0.333 e. The molecule has 0 radical (unpaired) electrons. The highest BCUT2D eigenvalue weighted by molar-refractivity contribution is 7.16. The fraction of sp³-hybridized carbons (Fsp3) is 0. The minimum absolute atomic E-state index is 0.287. The molecule has 0 atom stereocenters. The van der Waals surface area contributed by atoms with Gasteiger partial charge < -0.3 is 10.0 Å². The van der Waals surface area contributed by atoms with Crippen LogP contribution in [-0.2, 0) is 4.79 Å². The van der Waals surface area contributed by atoms with Crippen molar-refractivity contribution in [1.82, 2.24) is 0 Å². The van der Waals surface area contributed by atoms with Crippen LogP contribution in [0.4, 0.5) is 17.1 Å². The van der Waals surface area contributed by atoms with Gasteiger partial charge in [0, 0.05) is 26.8 Å². The Hall–Kier alpha value is -4.14. The average molecular weight is 423 g/mol. The van der Waals surface area contributed by atoms with Crippen LogP contribution in [0.2, 0.25) is 0 Å². The summed E-state index contributed by atoms with van der Waals surface area (Å²) >= 11 is 1.46. The first kappa shape index (κ1) is 20.1. The monoisotopic (exact) mass is 422 g/mol. The molecular weight excluding hydrogens is 404 g/mol. The van der Waals surface area contributed by atoms with Crippen molar-refractivity contribution in [3.05, 3.63) is 119 Å². The summed E-state index contributed by atoms with van der Waals surface area (Å²) in [5, 5.41) is 9.05. The Bertz CT molecular complexity index is 1210. The lowest BCUT2D eigenvalue weighted by molar-refractivity contribution is -0.132. The fourth-order valence-electron chi connectivity index (χ4n) is 3.24. The van der Waals surface area contributed by atoms with Gasteiger partial charge in [-0.2, -0.15) is 0 Å². The lowest BCUT2D eigenvalue weighted by Gasteiger charge is -2.25. The second-order valence-corrected chi connectivity index (χ2v) is 7.82. The molecule has 4 aromatic rings. The number of para-hydroxylation sites is 2. The van der Waals surface area contributed by atoms with Crippen molar-refractivity contribution in [3.63, 3.8) is 0 Å². The Balaban J connectivity index is 1.66. The molecule has 0 aliphatic heterocycles. The van der Waals surface area contributed by atoms with Crippen LogP contribution in [0.5, 0.6) is 0 Å². The zero-order valence-corrected chi connectivity index (χ0v) is 17.3. The summed E-state index contributed by atoms with van der Waals surface area (Å²) in [6, 6.07) is 32.5. The van der Waals surface area contributed by atoms with E-state index in [1.165, 1.54) is 17.4 Å². The number of carboxylic acids is 1. The number of carbonyl (C=O) groups is 1. The van der Waals surface area contributed by atoms with Crippen LogP contribution in [0.1, 0.15) is 4.88 Å². The number of hydrogen-bond donors (Lipinski definition) is 1. The number of rotatable bonds is 6. The summed E-state index contributed by atoms with van der Waals surface area (Å²) in [4.78, 5) is 18.1. The molecule has 4 nitrogen and oxygen atoms in total. The summed E-state index contributed by atoms with van der Waals surface area (Å²) < 4.78 is 0. The molecule has 0 fully saturated rings. The minimum atomic E-state index is -1.21. The third-order valence-electron chi connectivity index (χ3n) is 4.68. The van der Waals surface area contributed by atoms with E-state index < -0.39 is 5.97 Å². The second kappa shape index (κ2) is 9.12. The van der Waals surface area contributed by atoms with Crippen molar-refractivity contribution < 1.29 is 9.90 Å². The SMILES string of the molecule is [C-]#[N+]/C(=C\c1ccc(-c2ccc(N(c3ccccc3)c3ccccc3)cc2)s1)C(=O)O. The van der Waals surface area contributed by atoms with E-state index in [2.05, 4.69) is 58.3 Å². The van der Waals surface area contributed by atoms with Gasteiger partial charge in [-0.3, -0.25) is 4.79 Å². The first-order valence-corrected chi connectivity index (χ1v) is 10.4. The maximum absolute atomic E-state index is 11.1. The van der Waals surface area contributed by atoms with E-state index in [0.29, 0.717) is 0 Å². The molecule has 0 unspecified atom stereocenters. The molecule has 0 bridgehead atoms. The summed E-state index contributed by atoms with van der Waals surface area (Å²) in [6.07, 6.45) is 1.41. The molecule has 0 saturated carbocycles. The molecule has 1 N–H and O–H groups in total. The van der Waals surface area contributed by atoms with Gasteiger partial charge in [0.25, 0.3) is 5.70 Å². The molecule has 1 aromatic heterocycles. The maximum Gasteiger partial charge on any atom is 0.333 e. The summed E-state index contributed by atoms with van der Waals surface area (Å²) in [6.45, 7) is 6.99. The van der Waals surface area contributed by atoms with Crippen molar-refractivity contribution in [2.24, 2.45) is 0 Å². The first-order valence-electron chi connectivity index (χ1n) is 9.58. The van der Waals surface area contributed by atoms with Gasteiger partial charge in [-0.05, 0) is 60.2 Å². The highest BCUT2D eigenvalue weighted by Gasteiger charge is 2.13. The van der Waals surface area contributed by atoms with E-state index in [1.807, 2.05) is 48.5 Å². The van der Waals surface area contributed by atoms with Gasteiger partial charge in [0.15, 0.2) is 0 Å². The van der Waals surface area contributed by atoms with Crippen LogP contribution < -0.4 is 4.90 Å². The molecule has 5 heteroatoms. The Morgan fingerprint density at radius 2 is 1.35 bits per heavy atom. The summed E-state index contributed by atoms with van der Waals surface area (Å²) in [5.41, 5.74) is 3.94. The Morgan fingerprint density at radius 3 is 1.87 bits per heavy atom. The normalized spacial score (nSPS) is 11.0. The number of thiophene rings is 1. The quantitative estimate of drug-likeness (QED) is 0.263. The zero-order chi connectivity index (χ0) is 21.6. The molecular formula is C26H18N2O2S. The van der Waals surface area contributed by atoms with E-state index in [0.717, 1.165) is 32.4 Å². The molecule has 150 valence electrons.